The summed E-state index contributed by atoms with van der Waals surface area (Å²) >= 11 is 7.85. The highest BCUT2D eigenvalue weighted by Gasteiger charge is 2.38. The number of carbonyl (C=O) groups is 3. The second-order valence-corrected chi connectivity index (χ2v) is 8.42. The second kappa shape index (κ2) is 8.13. The largest absolute Gasteiger partial charge is 0.508 e. The van der Waals surface area contributed by atoms with Crippen molar-refractivity contribution in [1.29, 1.82) is 0 Å². The maximum Gasteiger partial charge on any atom is 0.337 e. The molecule has 0 unspecified atom stereocenters. The molecule has 2 amide bonds. The molecule has 0 saturated carbocycles. The van der Waals surface area contributed by atoms with E-state index in [1.54, 1.807) is 6.08 Å². The van der Waals surface area contributed by atoms with Crippen LogP contribution in [0.3, 0.4) is 0 Å². The maximum atomic E-state index is 12.7. The van der Waals surface area contributed by atoms with Gasteiger partial charge in [-0.1, -0.05) is 30.0 Å². The molecule has 1 fully saturated rings. The number of amides is 2. The first-order chi connectivity index (χ1) is 13.3. The summed E-state index contributed by atoms with van der Waals surface area (Å²) in [5, 5.41) is 23.1. The summed E-state index contributed by atoms with van der Waals surface area (Å²) < 4.78 is 0.250. The molecule has 1 saturated heterocycles. The number of phenols is 1. The number of benzene rings is 1. The monoisotopic (exact) mass is 434 g/mol. The van der Waals surface area contributed by atoms with Crippen LogP contribution in [-0.4, -0.2) is 43.3 Å². The third-order valence-electron chi connectivity index (χ3n) is 3.90. The first-order valence-electron chi connectivity index (χ1n) is 7.95. The Bertz CT molecular complexity index is 1000. The van der Waals surface area contributed by atoms with E-state index < -0.39 is 17.9 Å². The molecule has 0 bridgehead atoms. The van der Waals surface area contributed by atoms with Crippen molar-refractivity contribution in [2.24, 2.45) is 0 Å². The van der Waals surface area contributed by atoms with E-state index in [-0.39, 0.29) is 27.2 Å². The van der Waals surface area contributed by atoms with Crippen LogP contribution < -0.4 is 5.32 Å². The fourth-order valence-corrected chi connectivity index (χ4v) is 4.63. The lowest BCUT2D eigenvalue weighted by Gasteiger charge is -2.22. The van der Waals surface area contributed by atoms with Gasteiger partial charge in [-0.2, -0.15) is 0 Å². The predicted molar refractivity (Wildman–Crippen MR) is 112 cm³/mol. The molecule has 2 aromatic rings. The zero-order valence-electron chi connectivity index (χ0n) is 14.4. The highest BCUT2D eigenvalue weighted by Crippen LogP contribution is 2.35. The van der Waals surface area contributed by atoms with Crippen LogP contribution in [0.2, 0.25) is 0 Å². The number of hydrogen-bond donors (Lipinski definition) is 3. The summed E-state index contributed by atoms with van der Waals surface area (Å²) in [6.07, 6.45) is 1.72. The van der Waals surface area contributed by atoms with Gasteiger partial charge in [0.2, 0.25) is 5.91 Å². The third-order valence-corrected chi connectivity index (χ3v) is 6.05. The summed E-state index contributed by atoms with van der Waals surface area (Å²) in [6.45, 7) is 1.51. The molecule has 1 aliphatic rings. The number of aromatic hydroxyl groups is 1. The average Bonchev–Trinajstić information content (AvgIpc) is 3.24. The number of carboxylic acids is 1. The summed E-state index contributed by atoms with van der Waals surface area (Å²) in [4.78, 5) is 39.2. The predicted octanol–water partition coefficient (Wildman–Crippen LogP) is 3.38. The number of rotatable bonds is 5. The molecule has 10 heteroatoms. The Labute approximate surface area is 173 Å². The van der Waals surface area contributed by atoms with Crippen LogP contribution in [0.25, 0.3) is 6.08 Å². The van der Waals surface area contributed by atoms with Gasteiger partial charge in [0, 0.05) is 4.88 Å². The van der Waals surface area contributed by atoms with Gasteiger partial charge >= 0.3 is 5.97 Å². The van der Waals surface area contributed by atoms with Gasteiger partial charge in [0.05, 0.1) is 16.2 Å². The molecule has 3 rings (SSSR count). The van der Waals surface area contributed by atoms with Crippen molar-refractivity contribution in [3.8, 4) is 5.75 Å². The molecule has 1 atom stereocenters. The average molecular weight is 435 g/mol. The van der Waals surface area contributed by atoms with Gasteiger partial charge in [-0.15, -0.1) is 11.3 Å². The molecule has 1 aromatic carbocycles. The minimum absolute atomic E-state index is 0.0155. The fraction of sp³-hybridized carbons (Fsp3) is 0.111. The van der Waals surface area contributed by atoms with Crippen LogP contribution in [0.15, 0.2) is 40.6 Å². The number of anilines is 1. The molecule has 7 nitrogen and oxygen atoms in total. The van der Waals surface area contributed by atoms with E-state index in [2.05, 4.69) is 5.32 Å². The first-order valence-corrected chi connectivity index (χ1v) is 10.1. The van der Waals surface area contributed by atoms with Crippen molar-refractivity contribution < 1.29 is 24.6 Å². The topological polar surface area (TPSA) is 107 Å². The molecule has 3 N–H and O–H groups in total. The van der Waals surface area contributed by atoms with E-state index in [4.69, 9.17) is 12.2 Å². The van der Waals surface area contributed by atoms with Crippen LogP contribution >= 0.6 is 35.3 Å². The van der Waals surface area contributed by atoms with Gasteiger partial charge in [0.15, 0.2) is 0 Å². The molecule has 0 aliphatic carbocycles. The number of nitrogens with zero attached hydrogens (tertiary/aromatic N) is 1. The van der Waals surface area contributed by atoms with Crippen LogP contribution in [0.5, 0.6) is 5.75 Å². The van der Waals surface area contributed by atoms with Crippen LogP contribution in [0.1, 0.15) is 22.2 Å². The Morgan fingerprint density at radius 1 is 1.32 bits per heavy atom. The van der Waals surface area contributed by atoms with Gasteiger partial charge in [0.25, 0.3) is 5.91 Å². The Kier molecular flexibility index (Phi) is 5.82. The lowest BCUT2D eigenvalue weighted by atomic mass is 10.1. The molecule has 1 aliphatic heterocycles. The summed E-state index contributed by atoms with van der Waals surface area (Å²) in [5.41, 5.74) is -0.245. The van der Waals surface area contributed by atoms with Crippen LogP contribution in [0.4, 0.5) is 5.69 Å². The number of carbonyl (C=O) groups excluding carboxylic acids is 2. The van der Waals surface area contributed by atoms with Gasteiger partial charge in [-0.05, 0) is 42.6 Å². The van der Waals surface area contributed by atoms with Crippen LogP contribution in [0, 0.1) is 0 Å². The standard InChI is InChI=1S/C18H14N2O5S3/c1-9(15(22)19-13-5-4-10(21)7-12(13)17(24)25)20-16(23)14(28-18(20)26)8-11-3-2-6-27-11/h2-9,21H,1H3,(H,19,22)(H,24,25)/b14-8+/t9-/m0/s1. The highest BCUT2D eigenvalue weighted by molar-refractivity contribution is 8.26. The quantitative estimate of drug-likeness (QED) is 0.376. The first kappa shape index (κ1) is 20.1. The Balaban J connectivity index is 1.79. The summed E-state index contributed by atoms with van der Waals surface area (Å²) in [5.74, 6) is -2.51. The van der Waals surface area contributed by atoms with E-state index in [0.29, 0.717) is 4.91 Å². The molecule has 144 valence electrons. The number of phenolic OH excluding ortho intramolecular Hbond substituents is 1. The number of thiophene rings is 1. The van der Waals surface area contributed by atoms with Gasteiger partial charge in [-0.25, -0.2) is 4.79 Å². The van der Waals surface area contributed by atoms with Crippen LogP contribution in [-0.2, 0) is 9.59 Å². The minimum atomic E-state index is -1.30. The van der Waals surface area contributed by atoms with E-state index in [1.165, 1.54) is 35.3 Å². The number of thiocarbonyl (C=S) groups is 1. The highest BCUT2D eigenvalue weighted by atomic mass is 32.2. The van der Waals surface area contributed by atoms with Gasteiger partial charge in [0.1, 0.15) is 16.1 Å². The zero-order chi connectivity index (χ0) is 20.4. The number of thioether (sulfide) groups is 1. The Morgan fingerprint density at radius 2 is 2.07 bits per heavy atom. The van der Waals surface area contributed by atoms with Crippen molar-refractivity contribution in [2.75, 3.05) is 5.32 Å². The Morgan fingerprint density at radius 3 is 2.71 bits per heavy atom. The minimum Gasteiger partial charge on any atom is -0.508 e. The Hall–Kier alpha value is -2.69. The summed E-state index contributed by atoms with van der Waals surface area (Å²) in [6, 6.07) is 6.36. The van der Waals surface area contributed by atoms with Crippen molar-refractivity contribution in [1.82, 2.24) is 4.90 Å². The molecular weight excluding hydrogens is 420 g/mol. The fourth-order valence-electron chi connectivity index (χ4n) is 2.49. The van der Waals surface area contributed by atoms with Gasteiger partial charge < -0.3 is 15.5 Å². The second-order valence-electron chi connectivity index (χ2n) is 5.77. The molecule has 0 spiro atoms. The lowest BCUT2D eigenvalue weighted by molar-refractivity contribution is -0.129. The molecule has 2 heterocycles. The number of nitrogens with one attached hydrogen (secondary N) is 1. The number of hydrogen-bond acceptors (Lipinski definition) is 7. The summed E-state index contributed by atoms with van der Waals surface area (Å²) in [7, 11) is 0. The van der Waals surface area contributed by atoms with Crippen molar-refractivity contribution in [2.45, 2.75) is 13.0 Å². The van der Waals surface area contributed by atoms with E-state index >= 15 is 0 Å². The molecule has 28 heavy (non-hydrogen) atoms. The molecule has 1 aromatic heterocycles. The van der Waals surface area contributed by atoms with Gasteiger partial charge in [-0.3, -0.25) is 14.5 Å². The smallest absolute Gasteiger partial charge is 0.337 e. The third kappa shape index (κ3) is 4.08. The lowest BCUT2D eigenvalue weighted by Crippen LogP contribution is -2.44. The molecular formula is C18H14N2O5S3. The number of carboxylic acid groups (broad SMARTS) is 1. The number of aromatic carboxylic acids is 1. The van der Waals surface area contributed by atoms with E-state index in [9.17, 15) is 24.6 Å². The maximum absolute atomic E-state index is 12.7. The van der Waals surface area contributed by atoms with Crippen molar-refractivity contribution in [3.63, 3.8) is 0 Å². The molecule has 0 radical (unpaired) electrons. The van der Waals surface area contributed by atoms with Crippen molar-refractivity contribution in [3.05, 3.63) is 51.1 Å². The zero-order valence-corrected chi connectivity index (χ0v) is 16.9. The SMILES string of the molecule is C[C@@H](C(=O)Nc1ccc(O)cc1C(=O)O)N1C(=O)/C(=C\c2cccs2)SC1=S. The van der Waals surface area contributed by atoms with E-state index in [1.807, 2.05) is 17.5 Å². The van der Waals surface area contributed by atoms with E-state index in [0.717, 1.165) is 22.7 Å². The normalized spacial score (nSPS) is 16.5. The van der Waals surface area contributed by atoms with Crippen molar-refractivity contribution >= 4 is 69.2 Å².